The second-order valence-corrected chi connectivity index (χ2v) is 5.31. The predicted molar refractivity (Wildman–Crippen MR) is 86.5 cm³/mol. The minimum Gasteiger partial charge on any atom is -0.352 e. The molecule has 0 saturated heterocycles. The lowest BCUT2D eigenvalue weighted by molar-refractivity contribution is 0.812. The molecular formula is C17H20N4. The third-order valence-electron chi connectivity index (χ3n) is 3.61. The molecule has 1 aromatic carbocycles. The molecule has 0 aliphatic rings. The van der Waals surface area contributed by atoms with Gasteiger partial charge in [0.1, 0.15) is 17.3 Å². The Hall–Kier alpha value is -2.36. The molecule has 3 aromatic rings. The van der Waals surface area contributed by atoms with E-state index in [0.29, 0.717) is 0 Å². The monoisotopic (exact) mass is 280 g/mol. The van der Waals surface area contributed by atoms with Gasteiger partial charge < -0.3 is 9.88 Å². The van der Waals surface area contributed by atoms with Crippen LogP contribution in [0.4, 0.5) is 5.82 Å². The number of nitrogens with zero attached hydrogens (tertiary/aromatic N) is 3. The van der Waals surface area contributed by atoms with Gasteiger partial charge in [-0.2, -0.15) is 0 Å². The number of H-pyrrole nitrogens is 1. The Kier molecular flexibility index (Phi) is 3.60. The van der Waals surface area contributed by atoms with Gasteiger partial charge in [0.15, 0.2) is 0 Å². The SMILES string of the molecule is CCN(Cc1ccccc1)c1nc(C)nc2[nH]c(C)cc12. The molecule has 0 amide bonds. The van der Waals surface area contributed by atoms with Crippen LogP contribution >= 0.6 is 0 Å². The second-order valence-electron chi connectivity index (χ2n) is 5.31. The quantitative estimate of drug-likeness (QED) is 0.794. The Morgan fingerprint density at radius 2 is 1.86 bits per heavy atom. The van der Waals surface area contributed by atoms with Gasteiger partial charge in [-0.25, -0.2) is 9.97 Å². The minimum atomic E-state index is 0.797. The van der Waals surface area contributed by atoms with Crippen LogP contribution in [0.5, 0.6) is 0 Å². The van der Waals surface area contributed by atoms with Crippen LogP contribution in [0.25, 0.3) is 11.0 Å². The lowest BCUT2D eigenvalue weighted by atomic mass is 10.2. The van der Waals surface area contributed by atoms with Crippen molar-refractivity contribution in [3.05, 3.63) is 53.5 Å². The number of rotatable bonds is 4. The van der Waals surface area contributed by atoms with Crippen molar-refractivity contribution in [2.75, 3.05) is 11.4 Å². The zero-order chi connectivity index (χ0) is 14.8. The number of anilines is 1. The molecule has 4 nitrogen and oxygen atoms in total. The number of benzene rings is 1. The lowest BCUT2D eigenvalue weighted by Gasteiger charge is -2.23. The lowest BCUT2D eigenvalue weighted by Crippen LogP contribution is -2.23. The van der Waals surface area contributed by atoms with E-state index >= 15 is 0 Å². The number of aromatic nitrogens is 3. The molecule has 0 atom stereocenters. The van der Waals surface area contributed by atoms with Gasteiger partial charge in [0.25, 0.3) is 0 Å². The Morgan fingerprint density at radius 3 is 2.57 bits per heavy atom. The van der Waals surface area contributed by atoms with Crippen molar-refractivity contribution < 1.29 is 0 Å². The molecule has 21 heavy (non-hydrogen) atoms. The van der Waals surface area contributed by atoms with E-state index in [9.17, 15) is 0 Å². The first kappa shape index (κ1) is 13.6. The number of hydrogen-bond donors (Lipinski definition) is 1. The second kappa shape index (κ2) is 5.56. The third-order valence-corrected chi connectivity index (χ3v) is 3.61. The molecular weight excluding hydrogens is 260 g/mol. The summed E-state index contributed by atoms with van der Waals surface area (Å²) in [4.78, 5) is 14.8. The largest absolute Gasteiger partial charge is 0.352 e. The molecule has 0 aliphatic carbocycles. The van der Waals surface area contributed by atoms with Gasteiger partial charge in [-0.15, -0.1) is 0 Å². The minimum absolute atomic E-state index is 0.797. The summed E-state index contributed by atoms with van der Waals surface area (Å²) in [7, 11) is 0. The van der Waals surface area contributed by atoms with Crippen LogP contribution in [0.2, 0.25) is 0 Å². The normalized spacial score (nSPS) is 11.0. The van der Waals surface area contributed by atoms with E-state index in [0.717, 1.165) is 41.5 Å². The first-order valence-corrected chi connectivity index (χ1v) is 7.30. The summed E-state index contributed by atoms with van der Waals surface area (Å²) in [6, 6.07) is 12.6. The Morgan fingerprint density at radius 1 is 1.10 bits per heavy atom. The van der Waals surface area contributed by atoms with Crippen molar-refractivity contribution in [2.24, 2.45) is 0 Å². The van der Waals surface area contributed by atoms with E-state index in [2.05, 4.69) is 57.1 Å². The number of fused-ring (bicyclic) bond motifs is 1. The zero-order valence-corrected chi connectivity index (χ0v) is 12.7. The maximum atomic E-state index is 4.68. The van der Waals surface area contributed by atoms with E-state index in [1.54, 1.807) is 0 Å². The van der Waals surface area contributed by atoms with Gasteiger partial charge in [-0.1, -0.05) is 30.3 Å². The van der Waals surface area contributed by atoms with Gasteiger partial charge in [0.05, 0.1) is 5.39 Å². The van der Waals surface area contributed by atoms with Gasteiger partial charge in [0.2, 0.25) is 0 Å². The summed E-state index contributed by atoms with van der Waals surface area (Å²) in [6.07, 6.45) is 0. The Bertz CT molecular complexity index is 746. The van der Waals surface area contributed by atoms with Crippen molar-refractivity contribution in [3.8, 4) is 0 Å². The van der Waals surface area contributed by atoms with E-state index < -0.39 is 0 Å². The Balaban J connectivity index is 2.04. The van der Waals surface area contributed by atoms with Gasteiger partial charge in [0, 0.05) is 18.8 Å². The smallest absolute Gasteiger partial charge is 0.143 e. The molecule has 0 saturated carbocycles. The highest BCUT2D eigenvalue weighted by molar-refractivity contribution is 5.88. The Labute approximate surface area is 124 Å². The molecule has 2 heterocycles. The van der Waals surface area contributed by atoms with Gasteiger partial charge in [-0.05, 0) is 32.4 Å². The molecule has 108 valence electrons. The van der Waals surface area contributed by atoms with Crippen LogP contribution < -0.4 is 4.90 Å². The molecule has 1 N–H and O–H groups in total. The molecule has 2 aromatic heterocycles. The summed E-state index contributed by atoms with van der Waals surface area (Å²) in [6.45, 7) is 7.91. The highest BCUT2D eigenvalue weighted by Gasteiger charge is 2.14. The first-order valence-electron chi connectivity index (χ1n) is 7.30. The molecule has 0 spiro atoms. The number of nitrogens with one attached hydrogen (secondary N) is 1. The number of aromatic amines is 1. The molecule has 0 bridgehead atoms. The molecule has 0 aliphatic heterocycles. The first-order chi connectivity index (χ1) is 10.2. The van der Waals surface area contributed by atoms with Crippen LogP contribution in [-0.2, 0) is 6.54 Å². The van der Waals surface area contributed by atoms with Crippen LogP contribution in [0.1, 0.15) is 24.0 Å². The fraction of sp³-hybridized carbons (Fsp3) is 0.294. The van der Waals surface area contributed by atoms with Crippen molar-refractivity contribution >= 4 is 16.9 Å². The summed E-state index contributed by atoms with van der Waals surface area (Å²) in [5.74, 6) is 1.80. The molecule has 0 unspecified atom stereocenters. The van der Waals surface area contributed by atoms with Crippen LogP contribution in [-0.4, -0.2) is 21.5 Å². The topological polar surface area (TPSA) is 44.8 Å². The fourth-order valence-corrected chi connectivity index (χ4v) is 2.62. The number of hydrogen-bond acceptors (Lipinski definition) is 3. The standard InChI is InChI=1S/C17H20N4/c1-4-21(11-14-8-6-5-7-9-14)17-15-10-12(2)18-16(15)19-13(3)20-17/h5-10H,4,11H2,1-3H3,(H,18,19,20). The predicted octanol–water partition coefficient (Wildman–Crippen LogP) is 3.60. The van der Waals surface area contributed by atoms with E-state index in [1.807, 2.05) is 19.9 Å². The summed E-state index contributed by atoms with van der Waals surface area (Å²) >= 11 is 0. The highest BCUT2D eigenvalue weighted by Crippen LogP contribution is 2.25. The highest BCUT2D eigenvalue weighted by atomic mass is 15.2. The average molecular weight is 280 g/mol. The summed E-state index contributed by atoms with van der Waals surface area (Å²) < 4.78 is 0. The molecule has 0 radical (unpaired) electrons. The van der Waals surface area contributed by atoms with E-state index in [1.165, 1.54) is 5.56 Å². The van der Waals surface area contributed by atoms with Gasteiger partial charge >= 0.3 is 0 Å². The maximum Gasteiger partial charge on any atom is 0.143 e. The molecule has 4 heteroatoms. The van der Waals surface area contributed by atoms with Crippen LogP contribution in [0.15, 0.2) is 36.4 Å². The van der Waals surface area contributed by atoms with Crippen molar-refractivity contribution in [1.29, 1.82) is 0 Å². The molecule has 0 fully saturated rings. The van der Waals surface area contributed by atoms with E-state index in [4.69, 9.17) is 0 Å². The third kappa shape index (κ3) is 2.75. The summed E-state index contributed by atoms with van der Waals surface area (Å²) in [5, 5.41) is 1.09. The van der Waals surface area contributed by atoms with Crippen molar-refractivity contribution in [2.45, 2.75) is 27.3 Å². The van der Waals surface area contributed by atoms with Crippen LogP contribution in [0.3, 0.4) is 0 Å². The maximum absolute atomic E-state index is 4.68. The van der Waals surface area contributed by atoms with Crippen molar-refractivity contribution in [3.63, 3.8) is 0 Å². The molecule has 3 rings (SSSR count). The fourth-order valence-electron chi connectivity index (χ4n) is 2.62. The van der Waals surface area contributed by atoms with E-state index in [-0.39, 0.29) is 0 Å². The van der Waals surface area contributed by atoms with Crippen LogP contribution in [0, 0.1) is 13.8 Å². The average Bonchev–Trinajstić information content (AvgIpc) is 2.85. The summed E-state index contributed by atoms with van der Waals surface area (Å²) in [5.41, 5.74) is 3.32. The van der Waals surface area contributed by atoms with Gasteiger partial charge in [-0.3, -0.25) is 0 Å². The zero-order valence-electron chi connectivity index (χ0n) is 12.7. The number of aryl methyl sites for hydroxylation is 2. The van der Waals surface area contributed by atoms with Crippen molar-refractivity contribution in [1.82, 2.24) is 15.0 Å².